The molecule has 0 bridgehead atoms. The number of aryl methyl sites for hydroxylation is 1. The molecule has 5 nitrogen and oxygen atoms in total. The van der Waals surface area contributed by atoms with Gasteiger partial charge in [-0.2, -0.15) is 8.42 Å². The van der Waals surface area contributed by atoms with Crippen molar-refractivity contribution in [2.75, 3.05) is 19.8 Å². The Kier molecular flexibility index (Phi) is 4.01. The molecular weight excluding hydrogens is 256 g/mol. The zero-order valence-corrected chi connectivity index (χ0v) is 11.2. The smallest absolute Gasteiger partial charge is 0.299 e. The third kappa shape index (κ3) is 2.89. The molecule has 1 aromatic carbocycles. The van der Waals surface area contributed by atoms with E-state index in [0.717, 1.165) is 5.56 Å². The Morgan fingerprint density at radius 1 is 1.28 bits per heavy atom. The topological polar surface area (TPSA) is 61.8 Å². The molecule has 0 saturated carbocycles. The van der Waals surface area contributed by atoms with Gasteiger partial charge in [-0.05, 0) is 31.0 Å². The van der Waals surface area contributed by atoms with Gasteiger partial charge in [-0.25, -0.2) is 4.18 Å². The van der Waals surface area contributed by atoms with Gasteiger partial charge < -0.3 is 9.47 Å². The van der Waals surface area contributed by atoms with E-state index in [1.165, 1.54) is 6.07 Å². The summed E-state index contributed by atoms with van der Waals surface area (Å²) in [6.07, 6.45) is -0.858. The fourth-order valence-corrected chi connectivity index (χ4v) is 2.99. The Bertz CT molecular complexity index is 517. The average Bonchev–Trinajstić information content (AvgIpc) is 2.33. The maximum atomic E-state index is 12.1. The summed E-state index contributed by atoms with van der Waals surface area (Å²) in [6, 6.07) is 5.08. The lowest BCUT2D eigenvalue weighted by atomic mass is 10.1. The van der Waals surface area contributed by atoms with Crippen molar-refractivity contribution in [2.24, 2.45) is 0 Å². The van der Waals surface area contributed by atoms with Crippen molar-refractivity contribution in [3.63, 3.8) is 0 Å². The largest absolute Gasteiger partial charge is 0.374 e. The van der Waals surface area contributed by atoms with E-state index >= 15 is 0 Å². The standard InChI is InChI=1S/C12H16O5S/c1-9-4-3-5-11(10(9)2)18(13,14)17-12-8-15-6-7-16-12/h3-5,12H,6-8H2,1-2H3. The van der Waals surface area contributed by atoms with Crippen molar-refractivity contribution in [1.82, 2.24) is 0 Å². The highest BCUT2D eigenvalue weighted by atomic mass is 32.2. The van der Waals surface area contributed by atoms with Crippen molar-refractivity contribution >= 4 is 10.1 Å². The van der Waals surface area contributed by atoms with E-state index < -0.39 is 16.4 Å². The van der Waals surface area contributed by atoms with E-state index in [4.69, 9.17) is 13.7 Å². The molecular formula is C12H16O5S. The minimum Gasteiger partial charge on any atom is -0.374 e. The SMILES string of the molecule is Cc1cccc(S(=O)(=O)OC2COCCO2)c1C. The summed E-state index contributed by atoms with van der Waals surface area (Å²) in [5, 5.41) is 0. The molecule has 1 fully saturated rings. The first-order valence-corrected chi connectivity index (χ1v) is 7.10. The van der Waals surface area contributed by atoms with Crippen LogP contribution in [0.15, 0.2) is 23.1 Å². The zero-order chi connectivity index (χ0) is 13.2. The second-order valence-electron chi connectivity index (χ2n) is 4.12. The van der Waals surface area contributed by atoms with Crippen LogP contribution in [0.4, 0.5) is 0 Å². The maximum Gasteiger partial charge on any atom is 0.299 e. The Labute approximate surface area is 107 Å². The van der Waals surface area contributed by atoms with Crippen LogP contribution in [-0.2, 0) is 23.8 Å². The molecule has 1 atom stereocenters. The summed E-state index contributed by atoms with van der Waals surface area (Å²) in [5.41, 5.74) is 1.59. The molecule has 6 heteroatoms. The van der Waals surface area contributed by atoms with Crippen molar-refractivity contribution in [2.45, 2.75) is 25.0 Å². The van der Waals surface area contributed by atoms with Gasteiger partial charge in [0.2, 0.25) is 0 Å². The van der Waals surface area contributed by atoms with Crippen LogP contribution in [-0.4, -0.2) is 34.5 Å². The van der Waals surface area contributed by atoms with E-state index in [2.05, 4.69) is 0 Å². The minimum absolute atomic E-state index is 0.129. The van der Waals surface area contributed by atoms with Crippen LogP contribution in [0.5, 0.6) is 0 Å². The van der Waals surface area contributed by atoms with Gasteiger partial charge in [-0.1, -0.05) is 12.1 Å². The molecule has 0 aromatic heterocycles. The lowest BCUT2D eigenvalue weighted by molar-refractivity contribution is -0.168. The van der Waals surface area contributed by atoms with Gasteiger partial charge >= 0.3 is 0 Å². The van der Waals surface area contributed by atoms with Crippen LogP contribution in [0.25, 0.3) is 0 Å². The molecule has 100 valence electrons. The summed E-state index contributed by atoms with van der Waals surface area (Å²) in [7, 11) is -3.82. The van der Waals surface area contributed by atoms with Gasteiger partial charge in [0, 0.05) is 0 Å². The predicted octanol–water partition coefficient (Wildman–Crippen LogP) is 1.38. The number of rotatable bonds is 3. The van der Waals surface area contributed by atoms with Crippen molar-refractivity contribution in [3.8, 4) is 0 Å². The van der Waals surface area contributed by atoms with E-state index in [0.29, 0.717) is 18.8 Å². The molecule has 0 amide bonds. The highest BCUT2D eigenvalue weighted by molar-refractivity contribution is 7.86. The predicted molar refractivity (Wildman–Crippen MR) is 64.7 cm³/mol. The summed E-state index contributed by atoms with van der Waals surface area (Å²) >= 11 is 0. The van der Waals surface area contributed by atoms with Gasteiger partial charge in [-0.15, -0.1) is 0 Å². The Hall–Kier alpha value is -0.950. The van der Waals surface area contributed by atoms with Gasteiger partial charge in [0.25, 0.3) is 10.1 Å². The number of hydrogen-bond donors (Lipinski definition) is 0. The van der Waals surface area contributed by atoms with Gasteiger partial charge in [0.15, 0.2) is 6.29 Å². The van der Waals surface area contributed by atoms with Gasteiger partial charge in [0.1, 0.15) is 0 Å². The maximum absolute atomic E-state index is 12.1. The summed E-state index contributed by atoms with van der Waals surface area (Å²) in [6.45, 7) is 4.54. The number of ether oxygens (including phenoxy) is 2. The van der Waals surface area contributed by atoms with Crippen LogP contribution in [0.1, 0.15) is 11.1 Å². The molecule has 1 aliphatic heterocycles. The quantitative estimate of drug-likeness (QED) is 0.778. The summed E-state index contributed by atoms with van der Waals surface area (Å²) in [4.78, 5) is 0.177. The first kappa shape index (κ1) is 13.5. The normalized spacial score (nSPS) is 20.9. The molecule has 2 rings (SSSR count). The van der Waals surface area contributed by atoms with Crippen molar-refractivity contribution in [1.29, 1.82) is 0 Å². The Balaban J connectivity index is 2.22. The fraction of sp³-hybridized carbons (Fsp3) is 0.500. The van der Waals surface area contributed by atoms with E-state index in [1.54, 1.807) is 13.0 Å². The second kappa shape index (κ2) is 5.36. The zero-order valence-electron chi connectivity index (χ0n) is 10.4. The molecule has 0 spiro atoms. The molecule has 0 aliphatic carbocycles. The molecule has 1 aromatic rings. The number of hydrogen-bond acceptors (Lipinski definition) is 5. The third-order valence-corrected chi connectivity index (χ3v) is 4.29. The molecule has 0 N–H and O–H groups in total. The second-order valence-corrected chi connectivity index (χ2v) is 5.66. The van der Waals surface area contributed by atoms with E-state index in [-0.39, 0.29) is 11.5 Å². The highest BCUT2D eigenvalue weighted by Gasteiger charge is 2.26. The van der Waals surface area contributed by atoms with Crippen LogP contribution in [0, 0.1) is 13.8 Å². The van der Waals surface area contributed by atoms with E-state index in [9.17, 15) is 8.42 Å². The van der Waals surface area contributed by atoms with Crippen molar-refractivity contribution in [3.05, 3.63) is 29.3 Å². The van der Waals surface area contributed by atoms with Crippen LogP contribution < -0.4 is 0 Å². The Morgan fingerprint density at radius 3 is 2.72 bits per heavy atom. The van der Waals surface area contributed by atoms with Crippen LogP contribution >= 0.6 is 0 Å². The fourth-order valence-electron chi connectivity index (χ4n) is 1.71. The first-order chi connectivity index (χ1) is 8.50. The average molecular weight is 272 g/mol. The third-order valence-electron chi connectivity index (χ3n) is 2.84. The monoisotopic (exact) mass is 272 g/mol. The van der Waals surface area contributed by atoms with E-state index in [1.807, 2.05) is 13.0 Å². The van der Waals surface area contributed by atoms with Gasteiger partial charge in [0.05, 0.1) is 24.7 Å². The first-order valence-electron chi connectivity index (χ1n) is 5.69. The molecule has 1 unspecified atom stereocenters. The summed E-state index contributed by atoms with van der Waals surface area (Å²) < 4.78 is 39.5. The molecule has 1 aliphatic rings. The summed E-state index contributed by atoms with van der Waals surface area (Å²) in [5.74, 6) is 0. The Morgan fingerprint density at radius 2 is 2.06 bits per heavy atom. The van der Waals surface area contributed by atoms with Crippen LogP contribution in [0.2, 0.25) is 0 Å². The minimum atomic E-state index is -3.82. The lowest BCUT2D eigenvalue weighted by Crippen LogP contribution is -2.33. The van der Waals surface area contributed by atoms with Crippen LogP contribution in [0.3, 0.4) is 0 Å². The molecule has 0 radical (unpaired) electrons. The molecule has 18 heavy (non-hydrogen) atoms. The molecule has 1 saturated heterocycles. The van der Waals surface area contributed by atoms with Crippen molar-refractivity contribution < 1.29 is 22.1 Å². The molecule has 1 heterocycles. The number of benzene rings is 1. The lowest BCUT2D eigenvalue weighted by Gasteiger charge is -2.22. The van der Waals surface area contributed by atoms with Gasteiger partial charge in [-0.3, -0.25) is 0 Å². The highest BCUT2D eigenvalue weighted by Crippen LogP contribution is 2.22.